The largest absolute Gasteiger partial charge is 0.497 e. The van der Waals surface area contributed by atoms with Gasteiger partial charge in [0, 0.05) is 31.7 Å². The summed E-state index contributed by atoms with van der Waals surface area (Å²) >= 11 is 0. The molecule has 2 heterocycles. The maximum absolute atomic E-state index is 12.5. The number of hydrogen-bond donors (Lipinski definition) is 1. The molecule has 0 bridgehead atoms. The molecule has 1 N–H and O–H groups in total. The van der Waals surface area contributed by atoms with Gasteiger partial charge in [0.2, 0.25) is 5.91 Å². The SMILES string of the molecule is CCOC(=O)C1CCN(C(=O)NC2CC(=O)N(c3ccc(OC)cc3)C2)CC1. The van der Waals surface area contributed by atoms with Crippen molar-refractivity contribution in [2.75, 3.05) is 38.3 Å². The number of hydrogen-bond acceptors (Lipinski definition) is 5. The second kappa shape index (κ2) is 8.95. The first kappa shape index (κ1) is 20.0. The smallest absolute Gasteiger partial charge is 0.317 e. The fraction of sp³-hybridized carbons (Fsp3) is 0.550. The number of amides is 3. The van der Waals surface area contributed by atoms with Crippen molar-refractivity contribution in [1.29, 1.82) is 0 Å². The standard InChI is InChI=1S/C20H27N3O5/c1-3-28-19(25)14-8-10-22(11-9-14)20(26)21-15-12-18(24)23(13-15)16-4-6-17(27-2)7-5-16/h4-7,14-15H,3,8-13H2,1-2H3,(H,21,26). The maximum atomic E-state index is 12.5. The summed E-state index contributed by atoms with van der Waals surface area (Å²) in [5.41, 5.74) is 0.790. The average molecular weight is 389 g/mol. The Hall–Kier alpha value is -2.77. The first-order valence-electron chi connectivity index (χ1n) is 9.68. The van der Waals surface area contributed by atoms with Gasteiger partial charge >= 0.3 is 12.0 Å². The van der Waals surface area contributed by atoms with Gasteiger partial charge in [-0.05, 0) is 44.0 Å². The average Bonchev–Trinajstić information content (AvgIpc) is 3.08. The summed E-state index contributed by atoms with van der Waals surface area (Å²) in [5, 5.41) is 2.95. The summed E-state index contributed by atoms with van der Waals surface area (Å²) in [6.07, 6.45) is 1.48. The quantitative estimate of drug-likeness (QED) is 0.776. The lowest BCUT2D eigenvalue weighted by Gasteiger charge is -2.31. The van der Waals surface area contributed by atoms with Crippen molar-refractivity contribution in [2.45, 2.75) is 32.2 Å². The molecule has 3 rings (SSSR count). The van der Waals surface area contributed by atoms with Gasteiger partial charge in [-0.1, -0.05) is 0 Å². The van der Waals surface area contributed by atoms with Crippen LogP contribution >= 0.6 is 0 Å². The third-order valence-corrected chi connectivity index (χ3v) is 5.24. The summed E-state index contributed by atoms with van der Waals surface area (Å²) in [6.45, 7) is 3.63. The van der Waals surface area contributed by atoms with E-state index in [0.29, 0.717) is 39.1 Å². The molecule has 8 nitrogen and oxygen atoms in total. The summed E-state index contributed by atoms with van der Waals surface area (Å²) in [7, 11) is 1.59. The topological polar surface area (TPSA) is 88.2 Å². The Morgan fingerprint density at radius 1 is 1.18 bits per heavy atom. The van der Waals surface area contributed by atoms with Gasteiger partial charge in [0.05, 0.1) is 25.7 Å². The molecule has 1 atom stereocenters. The molecule has 28 heavy (non-hydrogen) atoms. The molecule has 0 spiro atoms. The molecule has 1 aromatic carbocycles. The van der Waals surface area contributed by atoms with Crippen molar-refractivity contribution in [1.82, 2.24) is 10.2 Å². The van der Waals surface area contributed by atoms with E-state index < -0.39 is 0 Å². The number of anilines is 1. The molecule has 0 radical (unpaired) electrons. The van der Waals surface area contributed by atoms with Crippen LogP contribution in [0.3, 0.4) is 0 Å². The summed E-state index contributed by atoms with van der Waals surface area (Å²) < 4.78 is 10.2. The van der Waals surface area contributed by atoms with E-state index in [4.69, 9.17) is 9.47 Å². The Balaban J connectivity index is 1.50. The zero-order valence-electron chi connectivity index (χ0n) is 16.3. The summed E-state index contributed by atoms with van der Waals surface area (Å²) in [5.74, 6) is 0.393. The lowest BCUT2D eigenvalue weighted by Crippen LogP contribution is -2.49. The number of ether oxygens (including phenoxy) is 2. The molecule has 2 aliphatic heterocycles. The van der Waals surface area contributed by atoms with Crippen LogP contribution < -0.4 is 15.0 Å². The van der Waals surface area contributed by atoms with Crippen LogP contribution in [0.5, 0.6) is 5.75 Å². The van der Waals surface area contributed by atoms with Crippen molar-refractivity contribution in [2.24, 2.45) is 5.92 Å². The molecule has 3 amide bonds. The summed E-state index contributed by atoms with van der Waals surface area (Å²) in [4.78, 5) is 40.1. The number of benzene rings is 1. The van der Waals surface area contributed by atoms with Gasteiger partial charge in [-0.15, -0.1) is 0 Å². The minimum Gasteiger partial charge on any atom is -0.497 e. The Morgan fingerprint density at radius 3 is 2.46 bits per heavy atom. The molecule has 2 aliphatic rings. The first-order valence-corrected chi connectivity index (χ1v) is 9.68. The van der Waals surface area contributed by atoms with Gasteiger partial charge in [0.15, 0.2) is 0 Å². The normalized spacial score (nSPS) is 20.2. The molecular formula is C20H27N3O5. The predicted octanol–water partition coefficient (Wildman–Crippen LogP) is 1.79. The monoisotopic (exact) mass is 389 g/mol. The zero-order chi connectivity index (χ0) is 20.1. The summed E-state index contributed by atoms with van der Waals surface area (Å²) in [6, 6.07) is 6.87. The van der Waals surface area contributed by atoms with Crippen LogP contribution in [0.25, 0.3) is 0 Å². The number of likely N-dealkylation sites (tertiary alicyclic amines) is 1. The lowest BCUT2D eigenvalue weighted by atomic mass is 9.97. The number of nitrogens with one attached hydrogen (secondary N) is 1. The first-order chi connectivity index (χ1) is 13.5. The van der Waals surface area contributed by atoms with Crippen LogP contribution in [0, 0.1) is 5.92 Å². The minimum absolute atomic E-state index is 0.0171. The highest BCUT2D eigenvalue weighted by Gasteiger charge is 2.34. The fourth-order valence-electron chi connectivity index (χ4n) is 3.66. The lowest BCUT2D eigenvalue weighted by molar-refractivity contribution is -0.149. The molecular weight excluding hydrogens is 362 g/mol. The van der Waals surface area contributed by atoms with Crippen LogP contribution in [0.4, 0.5) is 10.5 Å². The zero-order valence-corrected chi connectivity index (χ0v) is 16.3. The highest BCUT2D eigenvalue weighted by molar-refractivity contribution is 5.96. The van der Waals surface area contributed by atoms with Crippen LogP contribution in [0.2, 0.25) is 0 Å². The number of urea groups is 1. The van der Waals surface area contributed by atoms with Crippen LogP contribution in [-0.2, 0) is 14.3 Å². The number of piperidine rings is 1. The van der Waals surface area contributed by atoms with E-state index >= 15 is 0 Å². The predicted molar refractivity (Wildman–Crippen MR) is 103 cm³/mol. The molecule has 1 aromatic rings. The van der Waals surface area contributed by atoms with E-state index in [1.165, 1.54) is 0 Å². The van der Waals surface area contributed by atoms with Crippen LogP contribution in [0.15, 0.2) is 24.3 Å². The van der Waals surface area contributed by atoms with Gasteiger partial charge in [0.1, 0.15) is 5.75 Å². The molecule has 2 saturated heterocycles. The number of methoxy groups -OCH3 is 1. The molecule has 0 aromatic heterocycles. The Kier molecular flexibility index (Phi) is 6.38. The number of carbonyl (C=O) groups is 3. The molecule has 0 saturated carbocycles. The van der Waals surface area contributed by atoms with E-state index in [1.807, 2.05) is 24.3 Å². The van der Waals surface area contributed by atoms with Crippen molar-refractivity contribution in [3.05, 3.63) is 24.3 Å². The van der Waals surface area contributed by atoms with Crippen molar-refractivity contribution < 1.29 is 23.9 Å². The molecule has 8 heteroatoms. The van der Waals surface area contributed by atoms with Gasteiger partial charge < -0.3 is 24.6 Å². The number of nitrogens with zero attached hydrogens (tertiary/aromatic N) is 2. The molecule has 0 aliphatic carbocycles. The second-order valence-corrected chi connectivity index (χ2v) is 7.07. The fourth-order valence-corrected chi connectivity index (χ4v) is 3.66. The number of rotatable bonds is 5. The highest BCUT2D eigenvalue weighted by Crippen LogP contribution is 2.24. The maximum Gasteiger partial charge on any atom is 0.317 e. The van der Waals surface area contributed by atoms with Gasteiger partial charge in [-0.25, -0.2) is 4.79 Å². The van der Waals surface area contributed by atoms with E-state index in [0.717, 1.165) is 11.4 Å². The van der Waals surface area contributed by atoms with Gasteiger partial charge in [-0.3, -0.25) is 9.59 Å². The van der Waals surface area contributed by atoms with Crippen molar-refractivity contribution >= 4 is 23.6 Å². The number of carbonyl (C=O) groups excluding carboxylic acids is 3. The third-order valence-electron chi connectivity index (χ3n) is 5.24. The van der Waals surface area contributed by atoms with Crippen molar-refractivity contribution in [3.63, 3.8) is 0 Å². The third kappa shape index (κ3) is 4.55. The highest BCUT2D eigenvalue weighted by atomic mass is 16.5. The Morgan fingerprint density at radius 2 is 1.86 bits per heavy atom. The Labute approximate surface area is 164 Å². The Bertz CT molecular complexity index is 713. The molecule has 152 valence electrons. The second-order valence-electron chi connectivity index (χ2n) is 7.07. The molecule has 1 unspecified atom stereocenters. The molecule has 2 fully saturated rings. The minimum atomic E-state index is -0.232. The van der Waals surface area contributed by atoms with E-state index in [-0.39, 0.29) is 36.3 Å². The number of esters is 1. The van der Waals surface area contributed by atoms with E-state index in [9.17, 15) is 14.4 Å². The van der Waals surface area contributed by atoms with Gasteiger partial charge in [0.25, 0.3) is 0 Å². The van der Waals surface area contributed by atoms with E-state index in [2.05, 4.69) is 5.32 Å². The van der Waals surface area contributed by atoms with Gasteiger partial charge in [-0.2, -0.15) is 0 Å². The van der Waals surface area contributed by atoms with E-state index in [1.54, 1.807) is 23.8 Å². The van der Waals surface area contributed by atoms with Crippen LogP contribution in [-0.4, -0.2) is 62.2 Å². The van der Waals surface area contributed by atoms with Crippen LogP contribution in [0.1, 0.15) is 26.2 Å². The van der Waals surface area contributed by atoms with Crippen molar-refractivity contribution in [3.8, 4) is 5.75 Å².